The molecule has 2 heterocycles. The molecule has 0 aromatic rings. The molecule has 0 spiro atoms. The Morgan fingerprint density at radius 3 is 2.27 bits per heavy atom. The predicted octanol–water partition coefficient (Wildman–Crippen LogP) is 0.847. The Kier molecular flexibility index (Phi) is 8.30. The van der Waals surface area contributed by atoms with Crippen LogP contribution in [0.25, 0.3) is 0 Å². The van der Waals surface area contributed by atoms with Gasteiger partial charge in [-0.2, -0.15) is 13.2 Å². The molecular weight excluding hydrogens is 526 g/mol. The van der Waals surface area contributed by atoms with Gasteiger partial charge in [0.1, 0.15) is 12.1 Å². The van der Waals surface area contributed by atoms with Gasteiger partial charge in [-0.15, -0.1) is 0 Å². The number of rotatable bonds is 6. The molecule has 1 aliphatic carbocycles. The van der Waals surface area contributed by atoms with Crippen molar-refractivity contribution in [2.45, 2.75) is 63.9 Å². The summed E-state index contributed by atoms with van der Waals surface area (Å²) in [5.74, 6) is -6.89. The molecule has 10 nitrogen and oxygen atoms in total. The highest BCUT2D eigenvalue weighted by Crippen LogP contribution is 2.45. The smallest absolute Gasteiger partial charge is 0.356 e. The Labute approximate surface area is 215 Å². The van der Waals surface area contributed by atoms with E-state index in [1.54, 1.807) is 5.32 Å². The van der Waals surface area contributed by atoms with Crippen LogP contribution < -0.4 is 16.1 Å². The Hall–Kier alpha value is -2.64. The molecule has 2 saturated heterocycles. The van der Waals surface area contributed by atoms with Gasteiger partial charge in [0, 0.05) is 13.1 Å². The minimum Gasteiger partial charge on any atom is -0.356 e. The molecule has 3 aliphatic rings. The fraction of sp³-hybridized carbons (Fsp3) is 0.773. The van der Waals surface area contributed by atoms with Crippen molar-refractivity contribution >= 4 is 41.1 Å². The lowest BCUT2D eigenvalue weighted by Gasteiger charge is -2.37. The lowest BCUT2D eigenvalue weighted by atomic mass is 9.73. The second-order valence-electron chi connectivity index (χ2n) is 10.7. The van der Waals surface area contributed by atoms with Crippen LogP contribution in [0.3, 0.4) is 0 Å². The highest BCUT2D eigenvalue weighted by atomic mass is 35.5. The van der Waals surface area contributed by atoms with Crippen molar-refractivity contribution in [3.8, 4) is 0 Å². The van der Waals surface area contributed by atoms with Crippen LogP contribution in [-0.2, 0) is 24.0 Å². The van der Waals surface area contributed by atoms with E-state index in [4.69, 9.17) is 11.6 Å². The third kappa shape index (κ3) is 6.27. The summed E-state index contributed by atoms with van der Waals surface area (Å²) in [4.78, 5) is 63.9. The molecule has 0 unspecified atom stereocenters. The van der Waals surface area contributed by atoms with E-state index >= 15 is 0 Å². The summed E-state index contributed by atoms with van der Waals surface area (Å²) in [7, 11) is 0. The first kappa shape index (κ1) is 28.9. The second kappa shape index (κ2) is 10.6. The lowest BCUT2D eigenvalue weighted by Crippen LogP contribution is -2.61. The molecule has 0 bridgehead atoms. The van der Waals surface area contributed by atoms with Crippen molar-refractivity contribution in [2.24, 2.45) is 23.2 Å². The van der Waals surface area contributed by atoms with Crippen LogP contribution in [0.2, 0.25) is 0 Å². The van der Waals surface area contributed by atoms with Crippen molar-refractivity contribution in [1.82, 2.24) is 26.0 Å². The largest absolute Gasteiger partial charge is 0.471 e. The zero-order valence-corrected chi connectivity index (χ0v) is 21.3. The fourth-order valence-corrected chi connectivity index (χ4v) is 5.09. The molecule has 0 aromatic carbocycles. The number of carbonyl (C=O) groups excluding carboxylic acids is 5. The Morgan fingerprint density at radius 1 is 1.16 bits per heavy atom. The van der Waals surface area contributed by atoms with Gasteiger partial charge < -0.3 is 15.5 Å². The maximum atomic E-state index is 13.7. The number of alkyl halides is 5. The van der Waals surface area contributed by atoms with Gasteiger partial charge in [-0.3, -0.25) is 29.4 Å². The van der Waals surface area contributed by atoms with E-state index in [2.05, 4.69) is 10.7 Å². The Balaban J connectivity index is 1.84. The summed E-state index contributed by atoms with van der Waals surface area (Å²) in [6, 6.07) is -2.78. The standard InChI is InChI=1S/C22H30ClF4N5O5/c1-21(2,3)14(29-20(37)22(25,26)27)18(35)31-8-10-4-5-12(10)13(31)17(34)30-32(19(36)15(23)24)9-11-6-7-28-16(11)33/h10-15H,4-9H2,1-3H3,(H,28,33)(H,29,37)(H,30,34)/t10-,11-,12-,13-,14+,15-/m0/s1. The summed E-state index contributed by atoms with van der Waals surface area (Å²) in [6.07, 6.45) is -3.67. The van der Waals surface area contributed by atoms with Crippen LogP contribution in [0.4, 0.5) is 17.6 Å². The second-order valence-corrected chi connectivity index (χ2v) is 11.1. The quantitative estimate of drug-likeness (QED) is 0.254. The summed E-state index contributed by atoms with van der Waals surface area (Å²) >= 11 is 5.30. The molecule has 3 N–H and O–H groups in total. The van der Waals surface area contributed by atoms with Gasteiger partial charge in [-0.1, -0.05) is 32.4 Å². The predicted molar refractivity (Wildman–Crippen MR) is 121 cm³/mol. The van der Waals surface area contributed by atoms with E-state index in [0.29, 0.717) is 30.8 Å². The number of amides is 5. The zero-order valence-electron chi connectivity index (χ0n) is 20.5. The average Bonchev–Trinajstić information content (AvgIpc) is 3.28. The molecule has 208 valence electrons. The van der Waals surface area contributed by atoms with E-state index in [0.717, 1.165) is 4.90 Å². The summed E-state index contributed by atoms with van der Waals surface area (Å²) in [5, 5.41) is 4.92. The number of nitrogens with one attached hydrogen (secondary N) is 3. The van der Waals surface area contributed by atoms with Crippen molar-refractivity contribution in [2.75, 3.05) is 19.6 Å². The van der Waals surface area contributed by atoms with Crippen molar-refractivity contribution in [1.29, 1.82) is 0 Å². The van der Waals surface area contributed by atoms with E-state index in [1.807, 2.05) is 0 Å². The van der Waals surface area contributed by atoms with Gasteiger partial charge in [0.2, 0.25) is 11.8 Å². The fourth-order valence-electron chi connectivity index (χ4n) is 4.97. The molecule has 2 aliphatic heterocycles. The number of halogens is 5. The topological polar surface area (TPSA) is 128 Å². The number of likely N-dealkylation sites (tertiary alicyclic amines) is 1. The van der Waals surface area contributed by atoms with Gasteiger partial charge in [0.25, 0.3) is 17.4 Å². The zero-order chi connectivity index (χ0) is 27.9. The highest BCUT2D eigenvalue weighted by Gasteiger charge is 2.55. The van der Waals surface area contributed by atoms with Gasteiger partial charge in [-0.05, 0) is 36.5 Å². The Morgan fingerprint density at radius 2 is 1.81 bits per heavy atom. The number of hydrogen-bond acceptors (Lipinski definition) is 5. The van der Waals surface area contributed by atoms with E-state index < -0.39 is 58.9 Å². The molecule has 3 fully saturated rings. The molecule has 0 aromatic heterocycles. The van der Waals surface area contributed by atoms with Crippen LogP contribution in [-0.4, -0.2) is 83.0 Å². The first-order chi connectivity index (χ1) is 17.0. The first-order valence-electron chi connectivity index (χ1n) is 11.9. The monoisotopic (exact) mass is 555 g/mol. The highest BCUT2D eigenvalue weighted by molar-refractivity contribution is 6.29. The van der Waals surface area contributed by atoms with E-state index in [1.165, 1.54) is 20.8 Å². The van der Waals surface area contributed by atoms with Gasteiger partial charge in [-0.25, -0.2) is 9.40 Å². The molecule has 6 atom stereocenters. The molecular formula is C22H30ClF4N5O5. The van der Waals surface area contributed by atoms with Crippen molar-refractivity contribution < 1.29 is 41.5 Å². The molecule has 3 rings (SSSR count). The van der Waals surface area contributed by atoms with E-state index in [9.17, 15) is 41.5 Å². The summed E-state index contributed by atoms with van der Waals surface area (Å²) < 4.78 is 52.5. The van der Waals surface area contributed by atoms with Gasteiger partial charge in [0.15, 0.2) is 0 Å². The maximum absolute atomic E-state index is 13.7. The third-order valence-corrected chi connectivity index (χ3v) is 7.30. The average molecular weight is 556 g/mol. The molecule has 5 amide bonds. The molecule has 0 radical (unpaired) electrons. The SMILES string of the molecule is CC(C)(C)[C@H](NC(=O)C(F)(F)F)C(=O)N1C[C@@H]2CC[C@@H]2[C@H]1C(=O)NN(C[C@@H]1CCNC1=O)C(=O)[C@H](F)Cl. The summed E-state index contributed by atoms with van der Waals surface area (Å²) in [5.41, 5.74) is -1.37. The van der Waals surface area contributed by atoms with Crippen molar-refractivity contribution in [3.63, 3.8) is 0 Å². The minimum absolute atomic E-state index is 0.0657. The molecule has 15 heteroatoms. The number of fused-ring (bicyclic) bond motifs is 1. The van der Waals surface area contributed by atoms with Crippen molar-refractivity contribution in [3.05, 3.63) is 0 Å². The Bertz CT molecular complexity index is 957. The van der Waals surface area contributed by atoms with Crippen LogP contribution >= 0.6 is 11.6 Å². The molecule has 37 heavy (non-hydrogen) atoms. The minimum atomic E-state index is -5.22. The number of carbonyl (C=O) groups is 5. The number of nitrogens with zero attached hydrogens (tertiary/aromatic N) is 2. The van der Waals surface area contributed by atoms with Crippen LogP contribution in [0, 0.1) is 23.2 Å². The van der Waals surface area contributed by atoms with Crippen LogP contribution in [0.5, 0.6) is 0 Å². The lowest BCUT2D eigenvalue weighted by molar-refractivity contribution is -0.176. The van der Waals surface area contributed by atoms with E-state index in [-0.39, 0.29) is 30.8 Å². The van der Waals surface area contributed by atoms with Crippen LogP contribution in [0.1, 0.15) is 40.0 Å². The van der Waals surface area contributed by atoms with Gasteiger partial charge in [0.05, 0.1) is 12.5 Å². The summed E-state index contributed by atoms with van der Waals surface area (Å²) in [6.45, 7) is 4.47. The van der Waals surface area contributed by atoms with Crippen LogP contribution in [0.15, 0.2) is 0 Å². The number of hydrazine groups is 1. The first-order valence-corrected chi connectivity index (χ1v) is 12.3. The normalized spacial score (nSPS) is 26.9. The number of hydrogen-bond donors (Lipinski definition) is 3. The molecule has 1 saturated carbocycles. The third-order valence-electron chi connectivity index (χ3n) is 7.11. The maximum Gasteiger partial charge on any atom is 0.471 e. The van der Waals surface area contributed by atoms with Gasteiger partial charge >= 0.3 is 12.1 Å².